The average Bonchev–Trinajstić information content (AvgIpc) is 2.25. The zero-order valence-electron chi connectivity index (χ0n) is 9.89. The van der Waals surface area contributed by atoms with Crippen LogP contribution in [0.2, 0.25) is 0 Å². The van der Waals surface area contributed by atoms with Crippen molar-refractivity contribution in [3.8, 4) is 0 Å². The molecule has 1 rings (SSSR count). The van der Waals surface area contributed by atoms with E-state index >= 15 is 0 Å². The van der Waals surface area contributed by atoms with Crippen molar-refractivity contribution in [1.82, 2.24) is 0 Å². The van der Waals surface area contributed by atoms with Crippen molar-refractivity contribution in [3.63, 3.8) is 0 Å². The maximum absolute atomic E-state index is 11.8. The van der Waals surface area contributed by atoms with E-state index in [1.54, 1.807) is 32.9 Å². The number of hydrogen-bond donors (Lipinski definition) is 1. The third kappa shape index (κ3) is 3.57. The monoisotopic (exact) mass is 238 g/mol. The first-order chi connectivity index (χ1) is 7.85. The standard InChI is InChI=1S/C12H14O5/c1-12(2,3)16-10(13)8-6-4-5-7-9(8)11(14)17-15/h4-7,15H,1-3H3. The molecule has 0 aliphatic carbocycles. The number of rotatable bonds is 2. The SMILES string of the molecule is CC(C)(C)OC(=O)c1ccccc1C(=O)OO. The van der Waals surface area contributed by atoms with Crippen molar-refractivity contribution in [2.24, 2.45) is 0 Å². The minimum atomic E-state index is -0.994. The minimum Gasteiger partial charge on any atom is -0.456 e. The molecule has 1 aromatic carbocycles. The van der Waals surface area contributed by atoms with Gasteiger partial charge in [-0.3, -0.25) is 4.89 Å². The van der Waals surface area contributed by atoms with Crippen LogP contribution in [0.3, 0.4) is 0 Å². The Balaban J connectivity index is 3.05. The lowest BCUT2D eigenvalue weighted by Crippen LogP contribution is -2.25. The summed E-state index contributed by atoms with van der Waals surface area (Å²) in [6.07, 6.45) is 0. The Kier molecular flexibility index (Phi) is 3.85. The Morgan fingerprint density at radius 3 is 1.94 bits per heavy atom. The molecule has 0 atom stereocenters. The Labute approximate surface area is 98.9 Å². The Hall–Kier alpha value is -1.88. The minimum absolute atomic E-state index is 0.0377. The molecular formula is C12H14O5. The molecule has 92 valence electrons. The molecule has 1 aromatic rings. The summed E-state index contributed by atoms with van der Waals surface area (Å²) < 4.78 is 5.13. The molecule has 0 saturated carbocycles. The zero-order valence-corrected chi connectivity index (χ0v) is 9.89. The number of esters is 1. The number of carbonyl (C=O) groups is 2. The van der Waals surface area contributed by atoms with Gasteiger partial charge in [0.2, 0.25) is 0 Å². The first kappa shape index (κ1) is 13.2. The van der Waals surface area contributed by atoms with Crippen LogP contribution >= 0.6 is 0 Å². The van der Waals surface area contributed by atoms with Crippen molar-refractivity contribution >= 4 is 11.9 Å². The first-order valence-electron chi connectivity index (χ1n) is 5.03. The quantitative estimate of drug-likeness (QED) is 0.486. The third-order valence-corrected chi connectivity index (χ3v) is 1.85. The van der Waals surface area contributed by atoms with Crippen LogP contribution in [0.5, 0.6) is 0 Å². The molecular weight excluding hydrogens is 224 g/mol. The van der Waals surface area contributed by atoms with Crippen LogP contribution in [0, 0.1) is 0 Å². The molecule has 0 unspecified atom stereocenters. The largest absolute Gasteiger partial charge is 0.456 e. The fourth-order valence-corrected chi connectivity index (χ4v) is 1.22. The summed E-state index contributed by atoms with van der Waals surface area (Å²) in [5.74, 6) is -1.63. The maximum atomic E-state index is 11.8. The van der Waals surface area contributed by atoms with E-state index in [9.17, 15) is 9.59 Å². The van der Waals surface area contributed by atoms with Gasteiger partial charge in [-0.2, -0.15) is 5.26 Å². The van der Waals surface area contributed by atoms with Crippen molar-refractivity contribution in [3.05, 3.63) is 35.4 Å². The van der Waals surface area contributed by atoms with Gasteiger partial charge < -0.3 is 4.74 Å². The van der Waals surface area contributed by atoms with E-state index in [0.717, 1.165) is 0 Å². The highest BCUT2D eigenvalue weighted by atomic mass is 17.1. The van der Waals surface area contributed by atoms with Crippen LogP contribution < -0.4 is 0 Å². The number of hydrogen-bond acceptors (Lipinski definition) is 5. The van der Waals surface area contributed by atoms with E-state index in [4.69, 9.17) is 9.99 Å². The summed E-state index contributed by atoms with van der Waals surface area (Å²) in [7, 11) is 0. The zero-order chi connectivity index (χ0) is 13.1. The van der Waals surface area contributed by atoms with Crippen LogP contribution in [0.4, 0.5) is 0 Å². The predicted molar refractivity (Wildman–Crippen MR) is 59.7 cm³/mol. The van der Waals surface area contributed by atoms with Crippen LogP contribution in [0.15, 0.2) is 24.3 Å². The van der Waals surface area contributed by atoms with Gasteiger partial charge in [-0.25, -0.2) is 9.59 Å². The lowest BCUT2D eigenvalue weighted by molar-refractivity contribution is -0.182. The fourth-order valence-electron chi connectivity index (χ4n) is 1.22. The summed E-state index contributed by atoms with van der Waals surface area (Å²) in [5.41, 5.74) is -0.640. The van der Waals surface area contributed by atoms with Crippen molar-refractivity contribution in [2.45, 2.75) is 26.4 Å². The number of ether oxygens (including phenoxy) is 1. The second-order valence-corrected chi connectivity index (χ2v) is 4.43. The van der Waals surface area contributed by atoms with Gasteiger partial charge in [-0.05, 0) is 32.9 Å². The summed E-state index contributed by atoms with van der Waals surface area (Å²) in [6, 6.07) is 5.95. The molecule has 0 aliphatic rings. The normalized spacial score (nSPS) is 10.8. The van der Waals surface area contributed by atoms with E-state index in [2.05, 4.69) is 4.89 Å². The maximum Gasteiger partial charge on any atom is 0.373 e. The van der Waals surface area contributed by atoms with Gasteiger partial charge in [-0.15, -0.1) is 0 Å². The van der Waals surface area contributed by atoms with Gasteiger partial charge >= 0.3 is 11.9 Å². The Morgan fingerprint density at radius 2 is 1.53 bits per heavy atom. The highest BCUT2D eigenvalue weighted by Gasteiger charge is 2.23. The summed E-state index contributed by atoms with van der Waals surface area (Å²) in [4.78, 5) is 26.6. The van der Waals surface area contributed by atoms with Gasteiger partial charge in [-0.1, -0.05) is 12.1 Å². The van der Waals surface area contributed by atoms with E-state index in [1.807, 2.05) is 0 Å². The molecule has 17 heavy (non-hydrogen) atoms. The molecule has 5 heteroatoms. The number of carbonyl (C=O) groups excluding carboxylic acids is 2. The number of benzene rings is 1. The van der Waals surface area contributed by atoms with Gasteiger partial charge in [0, 0.05) is 0 Å². The lowest BCUT2D eigenvalue weighted by atomic mass is 10.1. The summed E-state index contributed by atoms with van der Waals surface area (Å²) in [5, 5.41) is 8.33. The summed E-state index contributed by atoms with van der Waals surface area (Å²) in [6.45, 7) is 5.16. The van der Waals surface area contributed by atoms with Gasteiger partial charge in [0.15, 0.2) is 0 Å². The molecule has 0 aromatic heterocycles. The van der Waals surface area contributed by atoms with Gasteiger partial charge in [0.1, 0.15) is 5.60 Å². The second-order valence-electron chi connectivity index (χ2n) is 4.43. The van der Waals surface area contributed by atoms with Crippen molar-refractivity contribution in [2.75, 3.05) is 0 Å². The Morgan fingerprint density at radius 1 is 1.06 bits per heavy atom. The molecule has 0 amide bonds. The molecule has 0 heterocycles. The van der Waals surface area contributed by atoms with E-state index in [-0.39, 0.29) is 11.1 Å². The molecule has 0 aliphatic heterocycles. The van der Waals surface area contributed by atoms with E-state index in [1.165, 1.54) is 12.1 Å². The smallest absolute Gasteiger partial charge is 0.373 e. The topological polar surface area (TPSA) is 72.8 Å². The molecule has 0 radical (unpaired) electrons. The van der Waals surface area contributed by atoms with Crippen LogP contribution in [0.1, 0.15) is 41.5 Å². The van der Waals surface area contributed by atoms with Crippen LogP contribution in [-0.4, -0.2) is 22.8 Å². The van der Waals surface area contributed by atoms with Crippen LogP contribution in [-0.2, 0) is 9.62 Å². The molecule has 0 fully saturated rings. The molecule has 0 spiro atoms. The lowest BCUT2D eigenvalue weighted by Gasteiger charge is -2.20. The van der Waals surface area contributed by atoms with E-state index in [0.29, 0.717) is 0 Å². The van der Waals surface area contributed by atoms with Crippen LogP contribution in [0.25, 0.3) is 0 Å². The Bertz CT molecular complexity index is 431. The predicted octanol–water partition coefficient (Wildman–Crippen LogP) is 2.27. The molecule has 1 N–H and O–H groups in total. The van der Waals surface area contributed by atoms with Crippen molar-refractivity contribution in [1.29, 1.82) is 0 Å². The third-order valence-electron chi connectivity index (χ3n) is 1.85. The molecule has 0 saturated heterocycles. The van der Waals surface area contributed by atoms with Gasteiger partial charge in [0.25, 0.3) is 0 Å². The highest BCUT2D eigenvalue weighted by molar-refractivity contribution is 6.03. The summed E-state index contributed by atoms with van der Waals surface area (Å²) >= 11 is 0. The van der Waals surface area contributed by atoms with Crippen molar-refractivity contribution < 1.29 is 24.5 Å². The highest BCUT2D eigenvalue weighted by Crippen LogP contribution is 2.16. The van der Waals surface area contributed by atoms with E-state index < -0.39 is 17.5 Å². The van der Waals surface area contributed by atoms with Gasteiger partial charge in [0.05, 0.1) is 11.1 Å². The first-order valence-corrected chi connectivity index (χ1v) is 5.03. The second kappa shape index (κ2) is 4.97. The molecule has 0 bridgehead atoms. The average molecular weight is 238 g/mol. The molecule has 5 nitrogen and oxygen atoms in total. The fraction of sp³-hybridized carbons (Fsp3) is 0.333.